The molecule has 1 aromatic rings. The fraction of sp³-hybridized carbons (Fsp3) is 0.333. The number of pyridine rings is 1. The molecule has 0 aromatic carbocycles. The summed E-state index contributed by atoms with van der Waals surface area (Å²) >= 11 is 2.88. The maximum atomic E-state index is 12.5. The van der Waals surface area contributed by atoms with Gasteiger partial charge in [0, 0.05) is 0 Å². The minimum absolute atomic E-state index is 0.00488. The standard InChI is InChI=1S/C9H9BrF2N2O2/c1-2-16-9(15)5-4(13)3-14-7(6(5)10)8(11)12/h3,8H,2,13H2,1H3. The third-order valence-corrected chi connectivity index (χ3v) is 2.56. The topological polar surface area (TPSA) is 65.2 Å². The molecule has 4 nitrogen and oxygen atoms in total. The first-order chi connectivity index (χ1) is 7.49. The van der Waals surface area contributed by atoms with Crippen LogP contribution in [0.4, 0.5) is 14.5 Å². The predicted octanol–water partition coefficient (Wildman–Crippen LogP) is 2.54. The number of nitrogens with zero attached hydrogens (tertiary/aromatic N) is 1. The summed E-state index contributed by atoms with van der Waals surface area (Å²) in [5.74, 6) is -0.754. The van der Waals surface area contributed by atoms with Crippen LogP contribution in [0.2, 0.25) is 0 Å². The molecule has 0 saturated carbocycles. The Labute approximate surface area is 98.9 Å². The number of hydrogen-bond donors (Lipinski definition) is 1. The van der Waals surface area contributed by atoms with Crippen molar-refractivity contribution in [2.24, 2.45) is 0 Å². The number of rotatable bonds is 3. The van der Waals surface area contributed by atoms with Crippen molar-refractivity contribution >= 4 is 27.6 Å². The van der Waals surface area contributed by atoms with Crippen LogP contribution in [0.15, 0.2) is 10.7 Å². The van der Waals surface area contributed by atoms with Gasteiger partial charge >= 0.3 is 5.97 Å². The van der Waals surface area contributed by atoms with Crippen LogP contribution in [0.3, 0.4) is 0 Å². The van der Waals surface area contributed by atoms with Gasteiger partial charge in [0.25, 0.3) is 6.43 Å². The Hall–Kier alpha value is -1.24. The minimum atomic E-state index is -2.79. The molecule has 1 rings (SSSR count). The van der Waals surface area contributed by atoms with Crippen LogP contribution in [0, 0.1) is 0 Å². The molecule has 0 saturated heterocycles. The summed E-state index contributed by atoms with van der Waals surface area (Å²) in [6, 6.07) is 0. The van der Waals surface area contributed by atoms with Crippen LogP contribution in [0.1, 0.15) is 29.4 Å². The highest BCUT2D eigenvalue weighted by molar-refractivity contribution is 9.10. The maximum absolute atomic E-state index is 12.5. The molecule has 0 aliphatic rings. The van der Waals surface area contributed by atoms with E-state index in [-0.39, 0.29) is 22.3 Å². The fourth-order valence-electron chi connectivity index (χ4n) is 1.08. The van der Waals surface area contributed by atoms with E-state index in [9.17, 15) is 13.6 Å². The number of carbonyl (C=O) groups is 1. The zero-order chi connectivity index (χ0) is 12.3. The average molecular weight is 295 g/mol. The summed E-state index contributed by atoms with van der Waals surface area (Å²) in [5, 5.41) is 0. The molecule has 0 unspecified atom stereocenters. The van der Waals surface area contributed by atoms with Gasteiger partial charge in [-0.25, -0.2) is 13.6 Å². The molecule has 0 fully saturated rings. The van der Waals surface area contributed by atoms with E-state index in [1.54, 1.807) is 6.92 Å². The third-order valence-electron chi connectivity index (χ3n) is 1.76. The zero-order valence-electron chi connectivity index (χ0n) is 8.34. The number of aromatic nitrogens is 1. The number of nitrogens with two attached hydrogens (primary N) is 1. The Kier molecular flexibility index (Phi) is 4.17. The highest BCUT2D eigenvalue weighted by Gasteiger charge is 2.23. The summed E-state index contributed by atoms with van der Waals surface area (Å²) in [6.45, 7) is 1.74. The molecular formula is C9H9BrF2N2O2. The summed E-state index contributed by atoms with van der Waals surface area (Å²) in [7, 11) is 0. The van der Waals surface area contributed by atoms with E-state index in [2.05, 4.69) is 20.9 Å². The average Bonchev–Trinajstić information content (AvgIpc) is 2.17. The van der Waals surface area contributed by atoms with Crippen molar-refractivity contribution in [2.45, 2.75) is 13.3 Å². The van der Waals surface area contributed by atoms with Crippen LogP contribution >= 0.6 is 15.9 Å². The van der Waals surface area contributed by atoms with Crippen molar-refractivity contribution in [3.8, 4) is 0 Å². The molecule has 16 heavy (non-hydrogen) atoms. The Morgan fingerprint density at radius 2 is 2.31 bits per heavy atom. The molecule has 88 valence electrons. The van der Waals surface area contributed by atoms with E-state index in [0.29, 0.717) is 0 Å². The molecule has 0 radical (unpaired) electrons. The van der Waals surface area contributed by atoms with Crippen molar-refractivity contribution in [3.05, 3.63) is 21.9 Å². The van der Waals surface area contributed by atoms with Gasteiger partial charge in [0.1, 0.15) is 11.3 Å². The molecular weight excluding hydrogens is 286 g/mol. The highest BCUT2D eigenvalue weighted by atomic mass is 79.9. The number of carbonyl (C=O) groups excluding carboxylic acids is 1. The number of ether oxygens (including phenoxy) is 1. The normalized spacial score (nSPS) is 10.6. The Morgan fingerprint density at radius 3 is 2.81 bits per heavy atom. The van der Waals surface area contributed by atoms with Crippen LogP contribution in [0.5, 0.6) is 0 Å². The quantitative estimate of drug-likeness (QED) is 0.870. The van der Waals surface area contributed by atoms with Crippen LogP contribution in [-0.2, 0) is 4.74 Å². The lowest BCUT2D eigenvalue weighted by molar-refractivity contribution is 0.0525. The molecule has 0 aliphatic heterocycles. The molecule has 0 amide bonds. The number of anilines is 1. The van der Waals surface area contributed by atoms with Gasteiger partial charge in [-0.05, 0) is 22.9 Å². The molecule has 0 spiro atoms. The predicted molar refractivity (Wildman–Crippen MR) is 57.3 cm³/mol. The number of hydrogen-bond acceptors (Lipinski definition) is 4. The number of alkyl halides is 2. The third kappa shape index (κ3) is 2.46. The Bertz CT molecular complexity index is 413. The highest BCUT2D eigenvalue weighted by Crippen LogP contribution is 2.31. The molecule has 7 heteroatoms. The summed E-state index contributed by atoms with van der Waals surface area (Å²) < 4.78 is 29.6. The van der Waals surface area contributed by atoms with Gasteiger partial charge in [0.2, 0.25) is 0 Å². The molecule has 0 aliphatic carbocycles. The van der Waals surface area contributed by atoms with E-state index in [1.165, 1.54) is 0 Å². The van der Waals surface area contributed by atoms with Crippen molar-refractivity contribution < 1.29 is 18.3 Å². The molecule has 0 bridgehead atoms. The largest absolute Gasteiger partial charge is 0.462 e. The van der Waals surface area contributed by atoms with E-state index in [1.807, 2.05) is 0 Å². The first kappa shape index (κ1) is 12.8. The lowest BCUT2D eigenvalue weighted by Gasteiger charge is -2.10. The van der Waals surface area contributed by atoms with Gasteiger partial charge in [-0.3, -0.25) is 4.98 Å². The second kappa shape index (κ2) is 5.20. The van der Waals surface area contributed by atoms with E-state index in [4.69, 9.17) is 10.5 Å². The van der Waals surface area contributed by atoms with Crippen molar-refractivity contribution in [3.63, 3.8) is 0 Å². The minimum Gasteiger partial charge on any atom is -0.462 e. The lowest BCUT2D eigenvalue weighted by atomic mass is 10.2. The molecule has 1 heterocycles. The number of halogens is 3. The smallest absolute Gasteiger partial charge is 0.341 e. The SMILES string of the molecule is CCOC(=O)c1c(N)cnc(C(F)F)c1Br. The van der Waals surface area contributed by atoms with Crippen molar-refractivity contribution in [1.29, 1.82) is 0 Å². The summed E-state index contributed by atoms with van der Waals surface area (Å²) in [6.07, 6.45) is -1.78. The van der Waals surface area contributed by atoms with Gasteiger partial charge < -0.3 is 10.5 Å². The van der Waals surface area contributed by atoms with E-state index < -0.39 is 18.1 Å². The van der Waals surface area contributed by atoms with Gasteiger partial charge in [-0.1, -0.05) is 0 Å². The van der Waals surface area contributed by atoms with Crippen LogP contribution < -0.4 is 5.73 Å². The monoisotopic (exact) mass is 294 g/mol. The van der Waals surface area contributed by atoms with Crippen molar-refractivity contribution in [2.75, 3.05) is 12.3 Å². The fourth-order valence-corrected chi connectivity index (χ4v) is 1.74. The second-order valence-electron chi connectivity index (χ2n) is 2.81. The Balaban J connectivity index is 3.26. The first-order valence-electron chi connectivity index (χ1n) is 4.38. The van der Waals surface area contributed by atoms with Gasteiger partial charge in [0.05, 0.1) is 23.0 Å². The molecule has 2 N–H and O–H groups in total. The molecule has 0 atom stereocenters. The van der Waals surface area contributed by atoms with Crippen LogP contribution in [0.25, 0.3) is 0 Å². The first-order valence-corrected chi connectivity index (χ1v) is 5.17. The summed E-state index contributed by atoms with van der Waals surface area (Å²) in [4.78, 5) is 14.9. The summed E-state index contributed by atoms with van der Waals surface area (Å²) in [5.41, 5.74) is 4.83. The van der Waals surface area contributed by atoms with E-state index >= 15 is 0 Å². The maximum Gasteiger partial charge on any atom is 0.341 e. The second-order valence-corrected chi connectivity index (χ2v) is 3.60. The Morgan fingerprint density at radius 1 is 1.69 bits per heavy atom. The van der Waals surface area contributed by atoms with Crippen molar-refractivity contribution in [1.82, 2.24) is 4.98 Å². The number of esters is 1. The number of nitrogen functional groups attached to an aromatic ring is 1. The molecule has 1 aromatic heterocycles. The zero-order valence-corrected chi connectivity index (χ0v) is 9.92. The van der Waals surface area contributed by atoms with Crippen LogP contribution in [-0.4, -0.2) is 17.6 Å². The van der Waals surface area contributed by atoms with Gasteiger partial charge in [-0.2, -0.15) is 0 Å². The van der Waals surface area contributed by atoms with E-state index in [0.717, 1.165) is 6.20 Å². The lowest BCUT2D eigenvalue weighted by Crippen LogP contribution is -2.11. The van der Waals surface area contributed by atoms with Gasteiger partial charge in [-0.15, -0.1) is 0 Å². The van der Waals surface area contributed by atoms with Gasteiger partial charge in [0.15, 0.2) is 0 Å².